The van der Waals surface area contributed by atoms with Gasteiger partial charge in [0.15, 0.2) is 0 Å². The number of piperidine rings is 1. The van der Waals surface area contributed by atoms with Crippen LogP contribution in [0.15, 0.2) is 48.7 Å². The van der Waals surface area contributed by atoms with Gasteiger partial charge in [-0.1, -0.05) is 24.3 Å². The van der Waals surface area contributed by atoms with Crippen LogP contribution in [0.1, 0.15) is 31.0 Å². The van der Waals surface area contributed by atoms with Crippen molar-refractivity contribution >= 4 is 5.91 Å². The molecule has 2 aliphatic heterocycles. The van der Waals surface area contributed by atoms with E-state index < -0.39 is 0 Å². The number of aromatic nitrogens is 1. The monoisotopic (exact) mass is 351 g/mol. The van der Waals surface area contributed by atoms with Crippen LogP contribution in [0.25, 0.3) is 0 Å². The molecule has 5 nitrogen and oxygen atoms in total. The lowest BCUT2D eigenvalue weighted by Crippen LogP contribution is -2.57. The molecule has 0 saturated carbocycles. The summed E-state index contributed by atoms with van der Waals surface area (Å²) in [6.07, 6.45) is 3.86. The number of carbonyl (C=O) groups is 1. The van der Waals surface area contributed by atoms with Crippen LogP contribution in [-0.2, 0) is 17.9 Å². The van der Waals surface area contributed by atoms with Crippen LogP contribution >= 0.6 is 0 Å². The minimum atomic E-state index is -0.356. The largest absolute Gasteiger partial charge is 0.484 e. The summed E-state index contributed by atoms with van der Waals surface area (Å²) >= 11 is 0. The fourth-order valence-corrected chi connectivity index (χ4v) is 4.09. The number of benzene rings is 1. The summed E-state index contributed by atoms with van der Waals surface area (Å²) in [5, 5.41) is 0. The number of hydrogen-bond acceptors (Lipinski definition) is 4. The molecule has 0 radical (unpaired) electrons. The summed E-state index contributed by atoms with van der Waals surface area (Å²) in [6.45, 7) is 5.55. The van der Waals surface area contributed by atoms with Crippen LogP contribution in [-0.4, -0.2) is 45.9 Å². The summed E-state index contributed by atoms with van der Waals surface area (Å²) < 4.78 is 6.58. The van der Waals surface area contributed by atoms with E-state index in [1.165, 1.54) is 0 Å². The Kier molecular flexibility index (Phi) is 4.64. The molecule has 4 rings (SSSR count). The number of rotatable bonds is 2. The molecule has 2 aromatic rings. The van der Waals surface area contributed by atoms with Gasteiger partial charge >= 0.3 is 0 Å². The Bertz CT molecular complexity index is 780. The SMILES string of the molecule is CC(=O)N1Cc2ccccc2OC2(CCCN(Cc3ccccn3)C2)C1. The molecule has 5 heteroatoms. The number of fused-ring (bicyclic) bond motifs is 1. The Morgan fingerprint density at radius 2 is 2.04 bits per heavy atom. The van der Waals surface area contributed by atoms with Crippen molar-refractivity contribution in [3.05, 3.63) is 59.9 Å². The van der Waals surface area contributed by atoms with Crippen molar-refractivity contribution in [2.24, 2.45) is 0 Å². The molecule has 1 fully saturated rings. The summed E-state index contributed by atoms with van der Waals surface area (Å²) in [6, 6.07) is 14.1. The van der Waals surface area contributed by atoms with Crippen LogP contribution in [0.5, 0.6) is 5.75 Å². The van der Waals surface area contributed by atoms with Crippen molar-refractivity contribution in [2.75, 3.05) is 19.6 Å². The van der Waals surface area contributed by atoms with Gasteiger partial charge in [0.05, 0.1) is 12.2 Å². The molecule has 1 atom stereocenters. The maximum atomic E-state index is 12.2. The number of likely N-dealkylation sites (tertiary alicyclic amines) is 1. The molecule has 2 aliphatic rings. The molecule has 3 heterocycles. The Balaban J connectivity index is 1.59. The number of amides is 1. The lowest BCUT2D eigenvalue weighted by molar-refractivity contribution is -0.133. The van der Waals surface area contributed by atoms with Gasteiger partial charge in [0, 0.05) is 38.3 Å². The molecule has 26 heavy (non-hydrogen) atoms. The molecule has 1 amide bonds. The molecule has 1 unspecified atom stereocenters. The topological polar surface area (TPSA) is 45.7 Å². The third-order valence-corrected chi connectivity index (χ3v) is 5.31. The van der Waals surface area contributed by atoms with Crippen LogP contribution in [0.4, 0.5) is 0 Å². The van der Waals surface area contributed by atoms with Crippen molar-refractivity contribution < 1.29 is 9.53 Å². The van der Waals surface area contributed by atoms with Gasteiger partial charge in [-0.25, -0.2) is 0 Å². The van der Waals surface area contributed by atoms with E-state index >= 15 is 0 Å². The van der Waals surface area contributed by atoms with Crippen molar-refractivity contribution in [3.8, 4) is 5.75 Å². The highest BCUT2D eigenvalue weighted by Gasteiger charge is 2.42. The van der Waals surface area contributed by atoms with Crippen molar-refractivity contribution in [2.45, 2.75) is 38.5 Å². The van der Waals surface area contributed by atoms with E-state index in [4.69, 9.17) is 4.74 Å². The first-order valence-electron chi connectivity index (χ1n) is 9.28. The Morgan fingerprint density at radius 3 is 2.85 bits per heavy atom. The second-order valence-electron chi connectivity index (χ2n) is 7.40. The van der Waals surface area contributed by atoms with Crippen LogP contribution < -0.4 is 4.74 Å². The summed E-state index contributed by atoms with van der Waals surface area (Å²) in [7, 11) is 0. The van der Waals surface area contributed by atoms with E-state index in [1.54, 1.807) is 6.92 Å². The lowest BCUT2D eigenvalue weighted by Gasteiger charge is -2.43. The predicted octanol–water partition coefficient (Wildman–Crippen LogP) is 2.86. The second kappa shape index (κ2) is 7.08. The van der Waals surface area contributed by atoms with Gasteiger partial charge in [-0.05, 0) is 37.6 Å². The highest BCUT2D eigenvalue weighted by atomic mass is 16.5. The third kappa shape index (κ3) is 3.58. The minimum Gasteiger partial charge on any atom is -0.484 e. The van der Waals surface area contributed by atoms with Crippen molar-refractivity contribution in [3.63, 3.8) is 0 Å². The highest BCUT2D eigenvalue weighted by Crippen LogP contribution is 2.35. The maximum absolute atomic E-state index is 12.2. The minimum absolute atomic E-state index is 0.103. The van der Waals surface area contributed by atoms with Gasteiger partial charge in [-0.3, -0.25) is 14.7 Å². The number of nitrogens with zero attached hydrogens (tertiary/aromatic N) is 3. The number of pyridine rings is 1. The third-order valence-electron chi connectivity index (χ3n) is 5.31. The standard InChI is InChI=1S/C21H25N3O2/c1-17(25)24-13-18-7-2-3-9-20(18)26-21(16-24)10-6-12-23(15-21)14-19-8-4-5-11-22-19/h2-5,7-9,11H,6,10,12-16H2,1H3. The van der Waals surface area contributed by atoms with E-state index in [0.29, 0.717) is 13.1 Å². The Labute approximate surface area is 154 Å². The fourth-order valence-electron chi connectivity index (χ4n) is 4.09. The van der Waals surface area contributed by atoms with Gasteiger partial charge in [0.2, 0.25) is 5.91 Å². The quantitative estimate of drug-likeness (QED) is 0.835. The van der Waals surface area contributed by atoms with E-state index in [0.717, 1.165) is 49.5 Å². The van der Waals surface area contributed by atoms with Crippen molar-refractivity contribution in [1.29, 1.82) is 0 Å². The fraction of sp³-hybridized carbons (Fsp3) is 0.429. The zero-order chi connectivity index (χ0) is 18.0. The molecule has 1 saturated heterocycles. The van der Waals surface area contributed by atoms with Crippen molar-refractivity contribution in [1.82, 2.24) is 14.8 Å². The normalized spacial score (nSPS) is 23.2. The van der Waals surface area contributed by atoms with Gasteiger partial charge in [0.25, 0.3) is 0 Å². The average molecular weight is 351 g/mol. The highest BCUT2D eigenvalue weighted by molar-refractivity contribution is 5.73. The van der Waals surface area contributed by atoms with Crippen LogP contribution in [0, 0.1) is 0 Å². The smallest absolute Gasteiger partial charge is 0.219 e. The molecular weight excluding hydrogens is 326 g/mol. The summed E-state index contributed by atoms with van der Waals surface area (Å²) in [4.78, 5) is 21.0. The number of carbonyl (C=O) groups excluding carboxylic acids is 1. The Hall–Kier alpha value is -2.40. The average Bonchev–Trinajstić information content (AvgIpc) is 2.79. The first-order chi connectivity index (χ1) is 12.6. The van der Waals surface area contributed by atoms with Gasteiger partial charge < -0.3 is 9.64 Å². The van der Waals surface area contributed by atoms with E-state index in [1.807, 2.05) is 41.4 Å². The second-order valence-corrected chi connectivity index (χ2v) is 7.40. The predicted molar refractivity (Wildman–Crippen MR) is 99.6 cm³/mol. The molecule has 1 aromatic heterocycles. The van der Waals surface area contributed by atoms with Gasteiger partial charge in [-0.2, -0.15) is 0 Å². The molecule has 0 bridgehead atoms. The van der Waals surface area contributed by atoms with E-state index in [-0.39, 0.29) is 11.5 Å². The van der Waals surface area contributed by atoms with E-state index in [9.17, 15) is 4.79 Å². The number of hydrogen-bond donors (Lipinski definition) is 0. The summed E-state index contributed by atoms with van der Waals surface area (Å²) in [5.41, 5.74) is 1.80. The molecule has 0 aliphatic carbocycles. The zero-order valence-corrected chi connectivity index (χ0v) is 15.2. The van der Waals surface area contributed by atoms with Crippen LogP contribution in [0.3, 0.4) is 0 Å². The maximum Gasteiger partial charge on any atom is 0.219 e. The molecular formula is C21H25N3O2. The van der Waals surface area contributed by atoms with Gasteiger partial charge in [-0.15, -0.1) is 0 Å². The number of para-hydroxylation sites is 1. The van der Waals surface area contributed by atoms with E-state index in [2.05, 4.69) is 22.0 Å². The Morgan fingerprint density at radius 1 is 1.19 bits per heavy atom. The lowest BCUT2D eigenvalue weighted by atomic mass is 9.91. The first-order valence-corrected chi connectivity index (χ1v) is 9.28. The molecule has 1 aromatic carbocycles. The number of ether oxygens (including phenoxy) is 1. The zero-order valence-electron chi connectivity index (χ0n) is 15.2. The molecule has 1 spiro atoms. The molecule has 0 N–H and O–H groups in total. The van der Waals surface area contributed by atoms with Gasteiger partial charge in [0.1, 0.15) is 11.4 Å². The van der Waals surface area contributed by atoms with Crippen LogP contribution in [0.2, 0.25) is 0 Å². The molecule has 136 valence electrons. The first kappa shape index (κ1) is 17.0. The summed E-state index contributed by atoms with van der Waals surface area (Å²) in [5.74, 6) is 1.02.